The van der Waals surface area contributed by atoms with Crippen molar-refractivity contribution in [2.45, 2.75) is 39.2 Å². The number of carbonyl (C=O) groups is 3. The molecule has 1 aliphatic rings. The molecule has 0 bridgehead atoms. The number of Topliss-reactive ketones (excluding diaryl/α,β-unsaturated/α-hetero) is 1. The Morgan fingerprint density at radius 2 is 1.63 bits per heavy atom. The van der Waals surface area contributed by atoms with Gasteiger partial charge in [-0.2, -0.15) is 0 Å². The highest BCUT2D eigenvalue weighted by Crippen LogP contribution is 2.43. The molecule has 0 aliphatic carbocycles. The Kier molecular flexibility index (Phi) is 7.14. The van der Waals surface area contributed by atoms with Crippen molar-refractivity contribution in [1.29, 1.82) is 0 Å². The summed E-state index contributed by atoms with van der Waals surface area (Å²) in [4.78, 5) is 40.5. The predicted octanol–water partition coefficient (Wildman–Crippen LogP) is 5.71. The van der Waals surface area contributed by atoms with Gasteiger partial charge in [0.2, 0.25) is 0 Å². The quantitative estimate of drug-likeness (QED) is 0.203. The Bertz CT molecular complexity index is 1450. The third kappa shape index (κ3) is 4.79. The number of aliphatic hydroxyl groups is 1. The molecule has 7 nitrogen and oxygen atoms in total. The Labute approximate surface area is 222 Å². The summed E-state index contributed by atoms with van der Waals surface area (Å²) in [6.07, 6.45) is 0. The molecule has 3 aromatic rings. The molecule has 1 fully saturated rings. The lowest BCUT2D eigenvalue weighted by Crippen LogP contribution is -2.29. The fraction of sp³-hybridized carbons (Fsp3) is 0.258. The molecule has 0 spiro atoms. The Balaban J connectivity index is 1.95. The van der Waals surface area contributed by atoms with Gasteiger partial charge in [-0.25, -0.2) is 4.79 Å². The molecule has 38 heavy (non-hydrogen) atoms. The summed E-state index contributed by atoms with van der Waals surface area (Å²) in [5.74, 6) is -1.85. The van der Waals surface area contributed by atoms with Crippen LogP contribution in [0.25, 0.3) is 5.76 Å². The molecule has 1 saturated heterocycles. The van der Waals surface area contributed by atoms with Crippen molar-refractivity contribution in [2.24, 2.45) is 0 Å². The van der Waals surface area contributed by atoms with Crippen LogP contribution in [-0.2, 0) is 19.7 Å². The molecule has 3 aromatic carbocycles. The zero-order valence-electron chi connectivity index (χ0n) is 22.4. The molecule has 7 heteroatoms. The minimum Gasteiger partial charge on any atom is -0.507 e. The number of nitrogens with zero attached hydrogens (tertiary/aromatic N) is 1. The number of ether oxygens (including phenoxy) is 2. The van der Waals surface area contributed by atoms with Crippen LogP contribution in [0.5, 0.6) is 5.75 Å². The van der Waals surface area contributed by atoms with E-state index in [0.717, 1.165) is 5.56 Å². The lowest BCUT2D eigenvalue weighted by molar-refractivity contribution is -0.132. The van der Waals surface area contributed by atoms with Gasteiger partial charge in [0.15, 0.2) is 0 Å². The molecule has 0 radical (unpaired) electrons. The zero-order chi connectivity index (χ0) is 27.8. The van der Waals surface area contributed by atoms with Gasteiger partial charge in [-0.15, -0.1) is 0 Å². The SMILES string of the molecule is COC(=O)c1cccc(N2C(=O)C(=O)/C(=C(\O)c3ccc(OC)cc3C)C2c2ccc(C(C)(C)C)cc2)c1. The third-order valence-corrected chi connectivity index (χ3v) is 6.77. The van der Waals surface area contributed by atoms with E-state index >= 15 is 0 Å². The van der Waals surface area contributed by atoms with Gasteiger partial charge in [0.1, 0.15) is 11.5 Å². The Morgan fingerprint density at radius 1 is 0.947 bits per heavy atom. The van der Waals surface area contributed by atoms with Crippen LogP contribution in [-0.4, -0.2) is 37.0 Å². The van der Waals surface area contributed by atoms with Crippen LogP contribution in [0.3, 0.4) is 0 Å². The smallest absolute Gasteiger partial charge is 0.337 e. The number of aliphatic hydroxyl groups excluding tert-OH is 1. The maximum absolute atomic E-state index is 13.5. The number of hydrogen-bond donors (Lipinski definition) is 1. The topological polar surface area (TPSA) is 93.1 Å². The summed E-state index contributed by atoms with van der Waals surface area (Å²) in [7, 11) is 2.82. The molecule has 196 valence electrons. The number of carbonyl (C=O) groups excluding carboxylic acids is 3. The minimum absolute atomic E-state index is 0.0322. The normalized spacial score (nSPS) is 17.0. The predicted molar refractivity (Wildman–Crippen MR) is 145 cm³/mol. The van der Waals surface area contributed by atoms with Gasteiger partial charge in [-0.3, -0.25) is 14.5 Å². The van der Waals surface area contributed by atoms with E-state index < -0.39 is 23.7 Å². The summed E-state index contributed by atoms with van der Waals surface area (Å²) >= 11 is 0. The Hall–Kier alpha value is -4.39. The van der Waals surface area contributed by atoms with Crippen LogP contribution in [0.4, 0.5) is 5.69 Å². The number of methoxy groups -OCH3 is 2. The lowest BCUT2D eigenvalue weighted by Gasteiger charge is -2.27. The number of esters is 1. The highest BCUT2D eigenvalue weighted by Gasteiger charge is 2.47. The maximum Gasteiger partial charge on any atom is 0.337 e. The monoisotopic (exact) mass is 513 g/mol. The van der Waals surface area contributed by atoms with Crippen LogP contribution in [0.15, 0.2) is 72.3 Å². The van der Waals surface area contributed by atoms with Crippen molar-refractivity contribution in [3.05, 3.63) is 100 Å². The maximum atomic E-state index is 13.5. The fourth-order valence-electron chi connectivity index (χ4n) is 4.65. The number of benzene rings is 3. The number of amides is 1. The van der Waals surface area contributed by atoms with Crippen molar-refractivity contribution < 1.29 is 29.0 Å². The number of rotatable bonds is 5. The fourth-order valence-corrected chi connectivity index (χ4v) is 4.65. The van der Waals surface area contributed by atoms with Crippen molar-refractivity contribution in [3.63, 3.8) is 0 Å². The van der Waals surface area contributed by atoms with Crippen molar-refractivity contribution in [2.75, 3.05) is 19.1 Å². The highest BCUT2D eigenvalue weighted by atomic mass is 16.5. The van der Waals surface area contributed by atoms with Crippen LogP contribution in [0.1, 0.15) is 59.4 Å². The minimum atomic E-state index is -0.918. The average molecular weight is 514 g/mol. The number of anilines is 1. The van der Waals surface area contributed by atoms with E-state index in [1.807, 2.05) is 24.3 Å². The summed E-state index contributed by atoms with van der Waals surface area (Å²) in [6.45, 7) is 8.08. The molecule has 1 unspecified atom stereocenters. The van der Waals surface area contributed by atoms with Crippen LogP contribution in [0, 0.1) is 6.92 Å². The largest absolute Gasteiger partial charge is 0.507 e. The summed E-state index contributed by atoms with van der Waals surface area (Å²) in [5.41, 5.74) is 3.27. The first-order valence-corrected chi connectivity index (χ1v) is 12.2. The molecular formula is C31H31NO6. The molecule has 1 N–H and O–H groups in total. The first kappa shape index (κ1) is 26.7. The van der Waals surface area contributed by atoms with E-state index in [2.05, 4.69) is 20.8 Å². The molecule has 0 saturated carbocycles. The van der Waals surface area contributed by atoms with E-state index in [1.165, 1.54) is 18.1 Å². The number of aryl methyl sites for hydroxylation is 1. The first-order valence-electron chi connectivity index (χ1n) is 12.2. The second kappa shape index (κ2) is 10.2. The lowest BCUT2D eigenvalue weighted by atomic mass is 9.85. The average Bonchev–Trinajstić information content (AvgIpc) is 3.17. The van der Waals surface area contributed by atoms with Gasteiger partial charge in [0, 0.05) is 11.3 Å². The van der Waals surface area contributed by atoms with Crippen molar-refractivity contribution in [1.82, 2.24) is 0 Å². The van der Waals surface area contributed by atoms with Crippen LogP contribution >= 0.6 is 0 Å². The highest BCUT2D eigenvalue weighted by molar-refractivity contribution is 6.51. The van der Waals surface area contributed by atoms with E-state index in [4.69, 9.17) is 9.47 Å². The van der Waals surface area contributed by atoms with Gasteiger partial charge in [0.05, 0.1) is 31.4 Å². The molecular weight excluding hydrogens is 482 g/mol. The van der Waals surface area contributed by atoms with Crippen LogP contribution < -0.4 is 9.64 Å². The second-order valence-electron chi connectivity index (χ2n) is 10.3. The second-order valence-corrected chi connectivity index (χ2v) is 10.3. The third-order valence-electron chi connectivity index (χ3n) is 6.77. The van der Waals surface area contributed by atoms with Gasteiger partial charge in [-0.05, 0) is 65.4 Å². The number of hydrogen-bond acceptors (Lipinski definition) is 6. The molecule has 1 amide bonds. The summed E-state index contributed by atoms with van der Waals surface area (Å²) in [5, 5.41) is 11.5. The van der Waals surface area contributed by atoms with Gasteiger partial charge < -0.3 is 14.6 Å². The Morgan fingerprint density at radius 3 is 2.21 bits per heavy atom. The first-order chi connectivity index (χ1) is 18.0. The van der Waals surface area contributed by atoms with Crippen LogP contribution in [0.2, 0.25) is 0 Å². The standard InChI is InChI=1S/C31H31NO6/c1-18-16-23(37-5)14-15-24(18)27(33)25-26(19-10-12-21(13-11-19)31(2,3)4)32(29(35)28(25)34)22-9-7-8-20(17-22)30(36)38-6/h7-17,26,33H,1-6H3/b27-25-. The van der Waals surface area contributed by atoms with E-state index in [1.54, 1.807) is 50.4 Å². The van der Waals surface area contributed by atoms with Gasteiger partial charge in [0.25, 0.3) is 11.7 Å². The van der Waals surface area contributed by atoms with Crippen molar-refractivity contribution >= 4 is 29.1 Å². The number of ketones is 1. The molecule has 4 rings (SSSR count). The molecule has 1 aliphatic heterocycles. The zero-order valence-corrected chi connectivity index (χ0v) is 22.4. The molecule has 1 atom stereocenters. The van der Waals surface area contributed by atoms with Gasteiger partial charge >= 0.3 is 5.97 Å². The summed E-state index contributed by atoms with van der Waals surface area (Å²) < 4.78 is 10.1. The van der Waals surface area contributed by atoms with E-state index in [9.17, 15) is 19.5 Å². The molecule has 1 heterocycles. The van der Waals surface area contributed by atoms with E-state index in [-0.39, 0.29) is 22.3 Å². The van der Waals surface area contributed by atoms with E-state index in [0.29, 0.717) is 28.1 Å². The van der Waals surface area contributed by atoms with Gasteiger partial charge in [-0.1, -0.05) is 51.1 Å². The van der Waals surface area contributed by atoms with Crippen molar-refractivity contribution in [3.8, 4) is 5.75 Å². The summed E-state index contributed by atoms with van der Waals surface area (Å²) in [6, 6.07) is 18.2. The molecule has 0 aromatic heterocycles.